The predicted molar refractivity (Wildman–Crippen MR) is 63.1 cm³/mol. The van der Waals surface area contributed by atoms with Crippen molar-refractivity contribution >= 4 is 11.3 Å². The Bertz CT molecular complexity index is 439. The van der Waals surface area contributed by atoms with E-state index < -0.39 is 6.29 Å². The van der Waals surface area contributed by atoms with Crippen LogP contribution in [0.2, 0.25) is 0 Å². The molecule has 1 heterocycles. The first-order valence-corrected chi connectivity index (χ1v) is 5.98. The molecule has 0 aliphatic heterocycles. The molecule has 16 heavy (non-hydrogen) atoms. The molecule has 2 N–H and O–H groups in total. The second-order valence-electron chi connectivity index (χ2n) is 3.53. The fourth-order valence-electron chi connectivity index (χ4n) is 1.45. The minimum absolute atomic E-state index is 0.341. The van der Waals surface area contributed by atoms with Gasteiger partial charge in [0.15, 0.2) is 6.29 Å². The Hall–Kier alpha value is -1.23. The molecule has 0 radical (unpaired) electrons. The van der Waals surface area contributed by atoms with E-state index in [1.165, 1.54) is 16.9 Å². The van der Waals surface area contributed by atoms with Gasteiger partial charge in [-0.05, 0) is 12.0 Å². The highest BCUT2D eigenvalue weighted by Gasteiger charge is 2.07. The molecule has 0 unspecified atom stereocenters. The van der Waals surface area contributed by atoms with Crippen LogP contribution in [0.5, 0.6) is 0 Å². The zero-order valence-corrected chi connectivity index (χ0v) is 9.52. The van der Waals surface area contributed by atoms with Crippen molar-refractivity contribution in [2.24, 2.45) is 0 Å². The highest BCUT2D eigenvalue weighted by atomic mass is 32.1. The topological polar surface area (TPSA) is 53.4 Å². The minimum Gasteiger partial charge on any atom is -0.363 e. The first kappa shape index (κ1) is 11.3. The van der Waals surface area contributed by atoms with Crippen LogP contribution < -0.4 is 0 Å². The SMILES string of the molecule is OC(O)c1csc(CCc2ccccc2)n1. The number of aliphatic hydroxyl groups excluding tert-OH is 1. The number of aromatic nitrogens is 1. The molecule has 0 aliphatic rings. The summed E-state index contributed by atoms with van der Waals surface area (Å²) in [5.74, 6) is 0. The number of hydrogen-bond acceptors (Lipinski definition) is 4. The summed E-state index contributed by atoms with van der Waals surface area (Å²) in [6.07, 6.45) is 0.304. The Morgan fingerprint density at radius 2 is 1.88 bits per heavy atom. The third-order valence-electron chi connectivity index (χ3n) is 2.30. The monoisotopic (exact) mass is 235 g/mol. The Morgan fingerprint density at radius 1 is 1.12 bits per heavy atom. The molecule has 2 rings (SSSR count). The van der Waals surface area contributed by atoms with Gasteiger partial charge in [-0.3, -0.25) is 0 Å². The molecule has 0 saturated heterocycles. The summed E-state index contributed by atoms with van der Waals surface area (Å²) < 4.78 is 0. The second-order valence-corrected chi connectivity index (χ2v) is 4.47. The lowest BCUT2D eigenvalue weighted by molar-refractivity contribution is -0.0454. The van der Waals surface area contributed by atoms with Crippen molar-refractivity contribution in [1.29, 1.82) is 0 Å². The van der Waals surface area contributed by atoms with Crippen LogP contribution in [0, 0.1) is 0 Å². The van der Waals surface area contributed by atoms with E-state index in [4.69, 9.17) is 10.2 Å². The van der Waals surface area contributed by atoms with Gasteiger partial charge >= 0.3 is 0 Å². The van der Waals surface area contributed by atoms with Gasteiger partial charge in [0.05, 0.1) is 5.01 Å². The Balaban J connectivity index is 1.95. The molecule has 1 aromatic heterocycles. The third kappa shape index (κ3) is 2.88. The molecule has 84 valence electrons. The summed E-state index contributed by atoms with van der Waals surface area (Å²) in [4.78, 5) is 4.14. The number of aryl methyl sites for hydroxylation is 2. The van der Waals surface area contributed by atoms with E-state index in [1.807, 2.05) is 18.2 Å². The molecule has 0 bridgehead atoms. The van der Waals surface area contributed by atoms with Crippen molar-refractivity contribution < 1.29 is 10.2 Å². The average Bonchev–Trinajstić information content (AvgIpc) is 2.76. The normalized spacial score (nSPS) is 10.9. The number of aliphatic hydroxyl groups is 2. The van der Waals surface area contributed by atoms with Gasteiger partial charge in [0, 0.05) is 11.8 Å². The van der Waals surface area contributed by atoms with E-state index in [-0.39, 0.29) is 0 Å². The lowest BCUT2D eigenvalue weighted by atomic mass is 10.1. The third-order valence-corrected chi connectivity index (χ3v) is 3.23. The zero-order valence-electron chi connectivity index (χ0n) is 8.71. The van der Waals surface area contributed by atoms with E-state index >= 15 is 0 Å². The molecule has 0 spiro atoms. The molecule has 4 heteroatoms. The number of rotatable bonds is 4. The first-order valence-electron chi connectivity index (χ1n) is 5.10. The van der Waals surface area contributed by atoms with Crippen LogP contribution in [0.3, 0.4) is 0 Å². The van der Waals surface area contributed by atoms with Gasteiger partial charge in [-0.25, -0.2) is 4.98 Å². The van der Waals surface area contributed by atoms with Gasteiger partial charge in [-0.15, -0.1) is 11.3 Å². The highest BCUT2D eigenvalue weighted by Crippen LogP contribution is 2.16. The van der Waals surface area contributed by atoms with Crippen LogP contribution in [0.1, 0.15) is 22.6 Å². The maximum atomic E-state index is 8.92. The van der Waals surface area contributed by atoms with Crippen LogP contribution in [0.15, 0.2) is 35.7 Å². The number of hydrogen-bond donors (Lipinski definition) is 2. The smallest absolute Gasteiger partial charge is 0.196 e. The summed E-state index contributed by atoms with van der Waals surface area (Å²) in [6.45, 7) is 0. The van der Waals surface area contributed by atoms with Crippen molar-refractivity contribution in [2.75, 3.05) is 0 Å². The van der Waals surface area contributed by atoms with Gasteiger partial charge in [0.1, 0.15) is 5.69 Å². The Kier molecular flexibility index (Phi) is 3.66. The fourth-order valence-corrected chi connectivity index (χ4v) is 2.26. The van der Waals surface area contributed by atoms with E-state index in [2.05, 4.69) is 17.1 Å². The van der Waals surface area contributed by atoms with Gasteiger partial charge < -0.3 is 10.2 Å². The second kappa shape index (κ2) is 5.21. The lowest BCUT2D eigenvalue weighted by Gasteiger charge is -1.98. The van der Waals surface area contributed by atoms with Crippen LogP contribution >= 0.6 is 11.3 Å². The summed E-state index contributed by atoms with van der Waals surface area (Å²) in [7, 11) is 0. The van der Waals surface area contributed by atoms with Gasteiger partial charge in [0.2, 0.25) is 0 Å². The van der Waals surface area contributed by atoms with Crippen molar-refractivity contribution in [3.8, 4) is 0 Å². The van der Waals surface area contributed by atoms with E-state index in [1.54, 1.807) is 5.38 Å². The predicted octanol–water partition coefficient (Wildman–Crippen LogP) is 1.91. The summed E-state index contributed by atoms with van der Waals surface area (Å²) in [6, 6.07) is 10.2. The first-order chi connectivity index (χ1) is 7.75. The van der Waals surface area contributed by atoms with Crippen LogP contribution in [-0.2, 0) is 12.8 Å². The highest BCUT2D eigenvalue weighted by molar-refractivity contribution is 7.09. The molecule has 0 fully saturated rings. The van der Waals surface area contributed by atoms with Gasteiger partial charge in [0.25, 0.3) is 0 Å². The quantitative estimate of drug-likeness (QED) is 0.796. The van der Waals surface area contributed by atoms with Crippen molar-refractivity contribution in [2.45, 2.75) is 19.1 Å². The van der Waals surface area contributed by atoms with Crippen molar-refractivity contribution in [3.05, 3.63) is 52.0 Å². The molecular weight excluding hydrogens is 222 g/mol. The van der Waals surface area contributed by atoms with Gasteiger partial charge in [-0.2, -0.15) is 0 Å². The summed E-state index contributed by atoms with van der Waals surface area (Å²) in [5.41, 5.74) is 1.61. The van der Waals surface area contributed by atoms with Gasteiger partial charge in [-0.1, -0.05) is 30.3 Å². The molecule has 2 aromatic rings. The van der Waals surface area contributed by atoms with Crippen LogP contribution in [-0.4, -0.2) is 15.2 Å². The molecule has 0 aliphatic carbocycles. The zero-order chi connectivity index (χ0) is 11.4. The lowest BCUT2D eigenvalue weighted by Crippen LogP contribution is -1.96. The standard InChI is InChI=1S/C12H13NO2S/c14-12(15)10-8-16-11(13-10)7-6-9-4-2-1-3-5-9/h1-5,8,12,14-15H,6-7H2. The largest absolute Gasteiger partial charge is 0.363 e. The maximum absolute atomic E-state index is 8.92. The number of thiazole rings is 1. The van der Waals surface area contributed by atoms with Crippen LogP contribution in [0.25, 0.3) is 0 Å². The Labute approximate surface area is 98.0 Å². The number of benzene rings is 1. The molecular formula is C12H13NO2S. The average molecular weight is 235 g/mol. The van der Waals surface area contributed by atoms with Crippen molar-refractivity contribution in [3.63, 3.8) is 0 Å². The molecule has 3 nitrogen and oxygen atoms in total. The fraction of sp³-hybridized carbons (Fsp3) is 0.250. The Morgan fingerprint density at radius 3 is 2.50 bits per heavy atom. The molecule has 0 saturated carbocycles. The van der Waals surface area contributed by atoms with E-state index in [0.717, 1.165) is 17.8 Å². The molecule has 0 atom stereocenters. The molecule has 1 aromatic carbocycles. The van der Waals surface area contributed by atoms with E-state index in [0.29, 0.717) is 5.69 Å². The minimum atomic E-state index is -1.46. The summed E-state index contributed by atoms with van der Waals surface area (Å²) >= 11 is 1.47. The maximum Gasteiger partial charge on any atom is 0.196 e. The van der Waals surface area contributed by atoms with Crippen molar-refractivity contribution in [1.82, 2.24) is 4.98 Å². The number of nitrogens with zero attached hydrogens (tertiary/aromatic N) is 1. The molecule has 0 amide bonds. The summed E-state index contributed by atoms with van der Waals surface area (Å²) in [5, 5.41) is 20.5. The van der Waals surface area contributed by atoms with E-state index in [9.17, 15) is 0 Å². The van der Waals surface area contributed by atoms with Crippen LogP contribution in [0.4, 0.5) is 0 Å².